The minimum Gasteiger partial charge on any atom is -0.358 e. The number of likely N-dealkylation sites (N-methyl/N-ethyl adjacent to an activating group) is 2. The zero-order valence-corrected chi connectivity index (χ0v) is 21.9. The topological polar surface area (TPSA) is 102 Å². The van der Waals surface area contributed by atoms with Crippen LogP contribution in [0.25, 0.3) is 23.0 Å². The van der Waals surface area contributed by atoms with Crippen molar-refractivity contribution in [2.24, 2.45) is 10.9 Å². The van der Waals surface area contributed by atoms with Crippen molar-refractivity contribution in [2.75, 3.05) is 44.4 Å². The maximum atomic E-state index is 8.39. The molecular formula is C28H36N8. The zero-order valence-electron chi connectivity index (χ0n) is 21.9. The second kappa shape index (κ2) is 11.4. The fraction of sp³-hybridized carbons (Fsp3) is 0.393. The molecule has 8 heteroatoms. The summed E-state index contributed by atoms with van der Waals surface area (Å²) in [5.74, 6) is 2.91. The van der Waals surface area contributed by atoms with E-state index in [9.17, 15) is 0 Å². The molecule has 0 amide bonds. The van der Waals surface area contributed by atoms with Crippen molar-refractivity contribution in [1.82, 2.24) is 20.3 Å². The van der Waals surface area contributed by atoms with Gasteiger partial charge in [0.2, 0.25) is 0 Å². The van der Waals surface area contributed by atoms with E-state index in [1.807, 2.05) is 44.3 Å². The molecule has 1 saturated carbocycles. The molecule has 1 fully saturated rings. The molecule has 2 aliphatic rings. The van der Waals surface area contributed by atoms with Crippen molar-refractivity contribution < 1.29 is 0 Å². The van der Waals surface area contributed by atoms with Crippen molar-refractivity contribution >= 4 is 34.7 Å². The Kier molecular flexibility index (Phi) is 8.05. The summed E-state index contributed by atoms with van der Waals surface area (Å²) < 4.78 is 0. The SMILES string of the molecule is C/C=c1/nc(-c2ccnc(NC3=CC=CC(=NC)C3=N)c2)nc(N(C)CCNC)/c1=C(/CC)C1CC1. The highest BCUT2D eigenvalue weighted by molar-refractivity contribution is 6.52. The van der Waals surface area contributed by atoms with Gasteiger partial charge in [0.05, 0.1) is 16.8 Å². The molecule has 3 N–H and O–H groups in total. The van der Waals surface area contributed by atoms with Crippen molar-refractivity contribution in [3.8, 4) is 11.4 Å². The number of aliphatic imine (C=N–C) groups is 1. The average Bonchev–Trinajstić information content (AvgIpc) is 3.74. The van der Waals surface area contributed by atoms with Crippen LogP contribution in [0, 0.1) is 11.3 Å². The Morgan fingerprint density at radius 1 is 1.31 bits per heavy atom. The van der Waals surface area contributed by atoms with E-state index in [4.69, 9.17) is 15.4 Å². The van der Waals surface area contributed by atoms with Gasteiger partial charge >= 0.3 is 0 Å². The number of allylic oxidation sites excluding steroid dienone is 4. The standard InChI is InChI=1S/C28H36N8/c1-6-20(18-11-12-18)25-21(7-2)34-27(35-28(25)36(5)16-15-30-3)19-13-14-32-24(17-19)33-23-10-8-9-22(31-4)26(23)29/h7-10,13-14,17-18,29-30H,6,11-12,15-16H2,1-5H3,(H,32,33)/b21-7+,25-20-,29-26?,31-22?. The van der Waals surface area contributed by atoms with Crippen LogP contribution >= 0.6 is 0 Å². The van der Waals surface area contributed by atoms with Crippen molar-refractivity contribution in [3.63, 3.8) is 0 Å². The molecule has 0 saturated heterocycles. The van der Waals surface area contributed by atoms with Gasteiger partial charge in [-0.15, -0.1) is 0 Å². The number of rotatable bonds is 9. The Bertz CT molecular complexity index is 1350. The molecule has 0 radical (unpaired) electrons. The van der Waals surface area contributed by atoms with Gasteiger partial charge in [-0.1, -0.05) is 24.6 Å². The first-order valence-corrected chi connectivity index (χ1v) is 12.6. The van der Waals surface area contributed by atoms with Gasteiger partial charge in [-0.25, -0.2) is 15.0 Å². The summed E-state index contributed by atoms with van der Waals surface area (Å²) >= 11 is 0. The summed E-state index contributed by atoms with van der Waals surface area (Å²) in [4.78, 5) is 21.0. The first kappa shape index (κ1) is 25.4. The number of hydrogen-bond donors (Lipinski definition) is 3. The molecule has 0 unspecified atom stereocenters. The van der Waals surface area contributed by atoms with Crippen molar-refractivity contribution in [1.29, 1.82) is 5.41 Å². The van der Waals surface area contributed by atoms with Crippen LogP contribution in [0.4, 0.5) is 11.6 Å². The summed E-state index contributed by atoms with van der Waals surface area (Å²) in [6, 6.07) is 3.87. The van der Waals surface area contributed by atoms with Gasteiger partial charge in [0.25, 0.3) is 0 Å². The van der Waals surface area contributed by atoms with Crippen LogP contribution in [-0.4, -0.2) is 60.6 Å². The molecule has 0 aliphatic heterocycles. The Hall–Kier alpha value is -3.65. The monoisotopic (exact) mass is 484 g/mol. The lowest BCUT2D eigenvalue weighted by atomic mass is 10.0. The molecule has 2 aromatic rings. The van der Waals surface area contributed by atoms with E-state index in [1.54, 1.807) is 13.2 Å². The highest BCUT2D eigenvalue weighted by atomic mass is 15.2. The zero-order chi connectivity index (χ0) is 25.7. The normalized spacial score (nSPS) is 17.9. The van der Waals surface area contributed by atoms with Crippen molar-refractivity contribution in [3.05, 3.63) is 52.8 Å². The summed E-state index contributed by atoms with van der Waals surface area (Å²) in [6.07, 6.45) is 12.9. The largest absolute Gasteiger partial charge is 0.358 e. The van der Waals surface area contributed by atoms with Gasteiger partial charge in [0, 0.05) is 44.2 Å². The molecular weight excluding hydrogens is 448 g/mol. The molecule has 188 valence electrons. The van der Waals surface area contributed by atoms with Crippen LogP contribution in [-0.2, 0) is 0 Å². The van der Waals surface area contributed by atoms with E-state index in [-0.39, 0.29) is 0 Å². The maximum absolute atomic E-state index is 8.39. The first-order chi connectivity index (χ1) is 17.5. The molecule has 8 nitrogen and oxygen atoms in total. The van der Waals surface area contributed by atoms with Gasteiger partial charge in [-0.2, -0.15) is 0 Å². The number of anilines is 2. The quantitative estimate of drug-likeness (QED) is 0.473. The van der Waals surface area contributed by atoms with E-state index < -0.39 is 0 Å². The van der Waals surface area contributed by atoms with Crippen LogP contribution in [0.1, 0.15) is 33.1 Å². The maximum Gasteiger partial charge on any atom is 0.162 e. The third-order valence-corrected chi connectivity index (χ3v) is 6.59. The number of aromatic nitrogens is 3. The Labute approximate surface area is 213 Å². The van der Waals surface area contributed by atoms with Crippen molar-refractivity contribution in [2.45, 2.75) is 33.1 Å². The molecule has 4 rings (SSSR count). The third kappa shape index (κ3) is 5.44. The molecule has 0 bridgehead atoms. The first-order valence-electron chi connectivity index (χ1n) is 12.6. The van der Waals surface area contributed by atoms with E-state index in [1.165, 1.54) is 23.6 Å². The van der Waals surface area contributed by atoms with Crippen LogP contribution in [0.15, 0.2) is 47.2 Å². The van der Waals surface area contributed by atoms with Crippen LogP contribution in [0.5, 0.6) is 0 Å². The third-order valence-electron chi connectivity index (χ3n) is 6.59. The molecule has 0 atom stereocenters. The minimum absolute atomic E-state index is 0.340. The Balaban J connectivity index is 1.79. The second-order valence-corrected chi connectivity index (χ2v) is 9.08. The number of nitrogens with one attached hydrogen (secondary N) is 3. The molecule has 36 heavy (non-hydrogen) atoms. The Morgan fingerprint density at radius 3 is 2.78 bits per heavy atom. The summed E-state index contributed by atoms with van der Waals surface area (Å²) in [5.41, 5.74) is 3.96. The summed E-state index contributed by atoms with van der Waals surface area (Å²) in [7, 11) is 5.76. The average molecular weight is 485 g/mol. The highest BCUT2D eigenvalue weighted by Gasteiger charge is 2.27. The van der Waals surface area contributed by atoms with E-state index in [2.05, 4.69) is 45.6 Å². The van der Waals surface area contributed by atoms with Gasteiger partial charge in [-0.3, -0.25) is 10.4 Å². The number of nitrogens with zero attached hydrogens (tertiary/aromatic N) is 5. The lowest BCUT2D eigenvalue weighted by Crippen LogP contribution is -2.40. The van der Waals surface area contributed by atoms with Crippen LogP contribution < -0.4 is 26.1 Å². The fourth-order valence-corrected chi connectivity index (χ4v) is 4.48. The summed E-state index contributed by atoms with van der Waals surface area (Å²) in [5, 5.41) is 17.1. The van der Waals surface area contributed by atoms with E-state index in [0.717, 1.165) is 36.2 Å². The molecule has 0 spiro atoms. The highest BCUT2D eigenvalue weighted by Crippen LogP contribution is 2.38. The minimum atomic E-state index is 0.340. The lowest BCUT2D eigenvalue weighted by Gasteiger charge is -2.21. The van der Waals surface area contributed by atoms with Crippen LogP contribution in [0.3, 0.4) is 0 Å². The second-order valence-electron chi connectivity index (χ2n) is 9.08. The molecule has 2 aliphatic carbocycles. The lowest BCUT2D eigenvalue weighted by molar-refractivity contribution is 0.757. The predicted molar refractivity (Wildman–Crippen MR) is 150 cm³/mol. The van der Waals surface area contributed by atoms with Gasteiger partial charge in [0.1, 0.15) is 17.3 Å². The number of pyridine rings is 1. The van der Waals surface area contributed by atoms with Gasteiger partial charge < -0.3 is 15.5 Å². The number of hydrogen-bond acceptors (Lipinski definition) is 8. The predicted octanol–water partition coefficient (Wildman–Crippen LogP) is 2.92. The van der Waals surface area contributed by atoms with Crippen LogP contribution in [0.2, 0.25) is 0 Å². The molecule has 0 aromatic carbocycles. The van der Waals surface area contributed by atoms with Gasteiger partial charge in [-0.05, 0) is 63.4 Å². The van der Waals surface area contributed by atoms with E-state index in [0.29, 0.717) is 34.7 Å². The summed E-state index contributed by atoms with van der Waals surface area (Å²) in [6.45, 7) is 6.00. The van der Waals surface area contributed by atoms with E-state index >= 15 is 0 Å². The fourth-order valence-electron chi connectivity index (χ4n) is 4.48. The van der Waals surface area contributed by atoms with Gasteiger partial charge in [0.15, 0.2) is 5.82 Å². The molecule has 2 aromatic heterocycles. The smallest absolute Gasteiger partial charge is 0.162 e. The Morgan fingerprint density at radius 2 is 2.11 bits per heavy atom. The molecule has 2 heterocycles.